The van der Waals surface area contributed by atoms with Gasteiger partial charge in [-0.15, -0.1) is 0 Å². The van der Waals surface area contributed by atoms with Gasteiger partial charge in [0.2, 0.25) is 0 Å². The molecular weight excluding hydrogens is 280 g/mol. The first-order chi connectivity index (χ1) is 8.08. The van der Waals surface area contributed by atoms with Gasteiger partial charge >= 0.3 is 0 Å². The van der Waals surface area contributed by atoms with Gasteiger partial charge in [-0.25, -0.2) is 0 Å². The van der Waals surface area contributed by atoms with Crippen molar-refractivity contribution < 1.29 is 5.11 Å². The van der Waals surface area contributed by atoms with Crippen molar-refractivity contribution in [2.45, 2.75) is 25.9 Å². The van der Waals surface area contributed by atoms with Gasteiger partial charge in [0.25, 0.3) is 0 Å². The lowest BCUT2D eigenvalue weighted by molar-refractivity contribution is 0.201. The van der Waals surface area contributed by atoms with Gasteiger partial charge in [-0.05, 0) is 30.5 Å². The summed E-state index contributed by atoms with van der Waals surface area (Å²) in [5.41, 5.74) is 6.97. The molecule has 0 aliphatic heterocycles. The van der Waals surface area contributed by atoms with Gasteiger partial charge < -0.3 is 16.2 Å². The van der Waals surface area contributed by atoms with Crippen molar-refractivity contribution in [3.63, 3.8) is 0 Å². The summed E-state index contributed by atoms with van der Waals surface area (Å²) in [6, 6.07) is 8.48. The van der Waals surface area contributed by atoms with Crippen molar-refractivity contribution in [1.29, 1.82) is 0 Å². The van der Waals surface area contributed by atoms with Crippen molar-refractivity contribution in [3.8, 4) is 0 Å². The molecule has 0 bridgehead atoms. The highest BCUT2D eigenvalue weighted by atomic mass is 79.9. The lowest BCUT2D eigenvalue weighted by Gasteiger charge is -2.26. The van der Waals surface area contributed by atoms with E-state index in [-0.39, 0.29) is 24.6 Å². The van der Waals surface area contributed by atoms with E-state index in [0.29, 0.717) is 6.54 Å². The summed E-state index contributed by atoms with van der Waals surface area (Å²) in [4.78, 5) is 0. The summed E-state index contributed by atoms with van der Waals surface area (Å²) in [5.74, 6) is 0.219. The summed E-state index contributed by atoms with van der Waals surface area (Å²) in [7, 11) is 0. The first-order valence-corrected chi connectivity index (χ1v) is 6.70. The number of hydrogen-bond donors (Lipinski definition) is 3. The molecule has 17 heavy (non-hydrogen) atoms. The normalized spacial score (nSPS) is 16.5. The van der Waals surface area contributed by atoms with Crippen LogP contribution in [0.1, 0.15) is 25.5 Å². The maximum Gasteiger partial charge on any atom is 0.0471 e. The molecule has 1 rings (SSSR count). The Morgan fingerprint density at radius 1 is 1.41 bits per heavy atom. The Hall–Kier alpha value is -0.420. The minimum Gasteiger partial charge on any atom is -0.396 e. The maximum absolute atomic E-state index is 9.13. The van der Waals surface area contributed by atoms with Crippen LogP contribution in [-0.4, -0.2) is 24.3 Å². The van der Waals surface area contributed by atoms with E-state index in [1.54, 1.807) is 0 Å². The predicted molar refractivity (Wildman–Crippen MR) is 74.8 cm³/mol. The second-order valence-corrected chi connectivity index (χ2v) is 5.37. The number of aliphatic hydroxyl groups is 1. The summed E-state index contributed by atoms with van der Waals surface area (Å²) in [6.45, 7) is 4.82. The van der Waals surface area contributed by atoms with Crippen LogP contribution in [0.15, 0.2) is 28.7 Å². The lowest BCUT2D eigenvalue weighted by Crippen LogP contribution is -2.39. The average Bonchev–Trinajstić information content (AvgIpc) is 2.34. The Morgan fingerprint density at radius 2 is 2.12 bits per heavy atom. The van der Waals surface area contributed by atoms with E-state index in [1.165, 1.54) is 5.56 Å². The van der Waals surface area contributed by atoms with Gasteiger partial charge in [-0.2, -0.15) is 0 Å². The smallest absolute Gasteiger partial charge is 0.0471 e. The van der Waals surface area contributed by atoms with E-state index >= 15 is 0 Å². The van der Waals surface area contributed by atoms with E-state index in [2.05, 4.69) is 40.3 Å². The molecule has 0 saturated carbocycles. The average molecular weight is 301 g/mol. The molecule has 0 radical (unpaired) electrons. The first-order valence-electron chi connectivity index (χ1n) is 5.91. The van der Waals surface area contributed by atoms with Crippen LogP contribution in [-0.2, 0) is 0 Å². The Morgan fingerprint density at radius 3 is 2.65 bits per heavy atom. The largest absolute Gasteiger partial charge is 0.396 e. The van der Waals surface area contributed by atoms with Gasteiger partial charge in [-0.1, -0.05) is 35.0 Å². The molecule has 1 aromatic carbocycles. The van der Waals surface area contributed by atoms with E-state index < -0.39 is 0 Å². The van der Waals surface area contributed by atoms with Crippen LogP contribution in [0.4, 0.5) is 0 Å². The number of benzene rings is 1. The minimum atomic E-state index is 0.122. The first kappa shape index (κ1) is 14.6. The van der Waals surface area contributed by atoms with E-state index in [4.69, 9.17) is 10.8 Å². The highest BCUT2D eigenvalue weighted by Crippen LogP contribution is 2.19. The van der Waals surface area contributed by atoms with Gasteiger partial charge in [0, 0.05) is 29.7 Å². The zero-order valence-electron chi connectivity index (χ0n) is 10.4. The molecule has 0 saturated heterocycles. The Bertz CT molecular complexity index is 346. The third kappa shape index (κ3) is 4.39. The number of hydrogen-bond acceptors (Lipinski definition) is 3. The molecular formula is C13H21BrN2O. The molecule has 0 amide bonds. The summed E-state index contributed by atoms with van der Waals surface area (Å²) in [6.07, 6.45) is 0. The third-order valence-corrected chi connectivity index (χ3v) is 3.59. The van der Waals surface area contributed by atoms with Crippen LogP contribution in [0.25, 0.3) is 0 Å². The molecule has 0 aromatic heterocycles. The minimum absolute atomic E-state index is 0.122. The maximum atomic E-state index is 9.13. The summed E-state index contributed by atoms with van der Waals surface area (Å²) in [5, 5.41) is 12.6. The van der Waals surface area contributed by atoms with Crippen LogP contribution < -0.4 is 11.1 Å². The highest BCUT2D eigenvalue weighted by molar-refractivity contribution is 9.10. The molecule has 1 aromatic rings. The number of halogens is 1. The summed E-state index contributed by atoms with van der Waals surface area (Å²) >= 11 is 3.46. The fraction of sp³-hybridized carbons (Fsp3) is 0.538. The Labute approximate surface area is 112 Å². The second kappa shape index (κ2) is 7.11. The third-order valence-electron chi connectivity index (χ3n) is 3.09. The van der Waals surface area contributed by atoms with Gasteiger partial charge in [0.05, 0.1) is 0 Å². The Kier molecular flexibility index (Phi) is 6.12. The number of aliphatic hydroxyl groups excluding tert-OH is 1. The summed E-state index contributed by atoms with van der Waals surface area (Å²) < 4.78 is 1.05. The highest BCUT2D eigenvalue weighted by Gasteiger charge is 2.16. The van der Waals surface area contributed by atoms with Crippen LogP contribution in [0.5, 0.6) is 0 Å². The van der Waals surface area contributed by atoms with E-state index in [0.717, 1.165) is 4.47 Å². The van der Waals surface area contributed by atoms with Crippen LogP contribution in [0, 0.1) is 5.92 Å². The fourth-order valence-corrected chi connectivity index (χ4v) is 2.08. The van der Waals surface area contributed by atoms with Crippen molar-refractivity contribution in [3.05, 3.63) is 34.3 Å². The molecule has 4 N–H and O–H groups in total. The standard InChI is InChI=1S/C13H21BrN2O/c1-9(8-17)10(2)16-13(7-15)11-4-3-5-12(14)6-11/h3-6,9-10,13,16-17H,7-8,15H2,1-2H3. The van der Waals surface area contributed by atoms with Gasteiger partial charge in [0.15, 0.2) is 0 Å². The topological polar surface area (TPSA) is 58.3 Å². The molecule has 3 unspecified atom stereocenters. The molecule has 0 aliphatic carbocycles. The van der Waals surface area contributed by atoms with E-state index in [9.17, 15) is 0 Å². The van der Waals surface area contributed by atoms with Crippen molar-refractivity contribution in [2.75, 3.05) is 13.2 Å². The molecule has 0 fully saturated rings. The Balaban J connectivity index is 2.72. The fourth-order valence-electron chi connectivity index (χ4n) is 1.66. The SMILES string of the molecule is CC(CO)C(C)NC(CN)c1cccc(Br)c1. The monoisotopic (exact) mass is 300 g/mol. The number of nitrogens with two attached hydrogens (primary N) is 1. The predicted octanol–water partition coefficient (Wildman–Crippen LogP) is 2.06. The molecule has 0 aliphatic rings. The van der Waals surface area contributed by atoms with Gasteiger partial charge in [0.1, 0.15) is 0 Å². The van der Waals surface area contributed by atoms with Crippen molar-refractivity contribution in [2.24, 2.45) is 11.7 Å². The number of rotatable bonds is 6. The van der Waals surface area contributed by atoms with Crippen LogP contribution in [0.2, 0.25) is 0 Å². The molecule has 4 heteroatoms. The van der Waals surface area contributed by atoms with Crippen molar-refractivity contribution >= 4 is 15.9 Å². The van der Waals surface area contributed by atoms with Crippen molar-refractivity contribution in [1.82, 2.24) is 5.32 Å². The van der Waals surface area contributed by atoms with Gasteiger partial charge in [-0.3, -0.25) is 0 Å². The van der Waals surface area contributed by atoms with Crippen LogP contribution in [0.3, 0.4) is 0 Å². The zero-order valence-corrected chi connectivity index (χ0v) is 11.9. The molecule has 3 atom stereocenters. The second-order valence-electron chi connectivity index (χ2n) is 4.46. The van der Waals surface area contributed by atoms with E-state index in [1.807, 2.05) is 19.1 Å². The van der Waals surface area contributed by atoms with Crippen LogP contribution >= 0.6 is 15.9 Å². The number of nitrogens with one attached hydrogen (secondary N) is 1. The molecule has 96 valence electrons. The lowest BCUT2D eigenvalue weighted by atomic mass is 10.0. The molecule has 3 nitrogen and oxygen atoms in total. The molecule has 0 spiro atoms. The quantitative estimate of drug-likeness (QED) is 0.754. The zero-order chi connectivity index (χ0) is 12.8. The molecule has 0 heterocycles.